The Bertz CT molecular complexity index is 1990. The number of fused-ring (bicyclic) bond motifs is 2. The lowest BCUT2D eigenvalue weighted by atomic mass is 9.86. The number of pyridine rings is 1. The van der Waals surface area contributed by atoms with Crippen molar-refractivity contribution in [3.8, 4) is 27.6 Å². The summed E-state index contributed by atoms with van der Waals surface area (Å²) in [6.07, 6.45) is 0.0450. The minimum Gasteiger partial charge on any atom is -0.490 e. The maximum atomic E-state index is 15.8. The summed E-state index contributed by atoms with van der Waals surface area (Å²) in [4.78, 5) is 41.6. The Morgan fingerprint density at radius 3 is 2.41 bits per heavy atom. The number of carboxylic acids is 1. The van der Waals surface area contributed by atoms with Crippen molar-refractivity contribution in [2.24, 2.45) is 7.05 Å². The number of morpholine rings is 1. The van der Waals surface area contributed by atoms with E-state index in [1.54, 1.807) is 27.7 Å². The fourth-order valence-corrected chi connectivity index (χ4v) is 8.01. The standard InChI is InChI=1S/C36H44FN7O6S/c1-20-22-8-7-15-49-29(22)25(37)18-23(20)28-24-19-26(41(6)31(24)38-21(2)27(28)30(33(45)46)50-36(3,4)5)32-39-34(40-51-32)42-9-11-43(12-10-42)35(47)44-13-16-48-17-14-44/h18-19,30H,7-17H2,1-6H3,(H,45,46)/t30-/m0/s1. The minimum atomic E-state index is -1.36. The Balaban J connectivity index is 1.29. The smallest absolute Gasteiger partial charge is 0.337 e. The van der Waals surface area contributed by atoms with Gasteiger partial charge in [-0.1, -0.05) is 0 Å². The highest BCUT2D eigenvalue weighted by molar-refractivity contribution is 7.09. The highest BCUT2D eigenvalue weighted by Crippen LogP contribution is 2.45. The SMILES string of the molecule is Cc1nc2c(cc(-c3nc(N4CCN(C(=O)N5CCOCC5)CC4)ns3)n2C)c(-c2cc(F)c3c(c2C)CCCO3)c1[C@H](OC(C)(C)C)C(=O)O. The number of benzene rings is 1. The summed E-state index contributed by atoms with van der Waals surface area (Å²) in [7, 11) is 1.89. The number of hydrogen-bond donors (Lipinski definition) is 1. The molecule has 0 aliphatic carbocycles. The fourth-order valence-electron chi connectivity index (χ4n) is 7.28. The number of carbonyl (C=O) groups excluding carboxylic acids is 1. The molecule has 3 aromatic heterocycles. The molecule has 272 valence electrons. The van der Waals surface area contributed by atoms with Gasteiger partial charge in [0.15, 0.2) is 22.7 Å². The molecule has 0 spiro atoms. The summed E-state index contributed by atoms with van der Waals surface area (Å²) in [5.74, 6) is -0.806. The molecule has 6 heterocycles. The molecule has 13 nitrogen and oxygen atoms in total. The number of urea groups is 1. The largest absolute Gasteiger partial charge is 0.490 e. The van der Waals surface area contributed by atoms with Gasteiger partial charge in [0, 0.05) is 74.1 Å². The van der Waals surface area contributed by atoms with Crippen LogP contribution >= 0.6 is 11.5 Å². The summed E-state index contributed by atoms with van der Waals surface area (Å²) in [6.45, 7) is 14.2. The van der Waals surface area contributed by atoms with E-state index < -0.39 is 23.5 Å². The number of anilines is 1. The van der Waals surface area contributed by atoms with Crippen molar-refractivity contribution in [1.82, 2.24) is 28.7 Å². The van der Waals surface area contributed by atoms with Gasteiger partial charge >= 0.3 is 12.0 Å². The summed E-state index contributed by atoms with van der Waals surface area (Å²) >= 11 is 1.26. The van der Waals surface area contributed by atoms with Gasteiger partial charge in [0.1, 0.15) is 5.65 Å². The van der Waals surface area contributed by atoms with Crippen molar-refractivity contribution < 1.29 is 33.3 Å². The number of ether oxygens (including phenoxy) is 3. The van der Waals surface area contributed by atoms with E-state index >= 15 is 4.39 Å². The Hall–Kier alpha value is -4.34. The van der Waals surface area contributed by atoms with Crippen LogP contribution in [0.3, 0.4) is 0 Å². The van der Waals surface area contributed by atoms with Gasteiger partial charge in [-0.2, -0.15) is 9.36 Å². The van der Waals surface area contributed by atoms with Crippen molar-refractivity contribution in [3.63, 3.8) is 0 Å². The van der Waals surface area contributed by atoms with Gasteiger partial charge in [0.2, 0.25) is 5.95 Å². The Labute approximate surface area is 300 Å². The second-order valence-electron chi connectivity index (χ2n) is 14.3. The summed E-state index contributed by atoms with van der Waals surface area (Å²) < 4.78 is 39.8. The fraction of sp³-hybridized carbons (Fsp3) is 0.528. The molecule has 1 N–H and O–H groups in total. The van der Waals surface area contributed by atoms with Crippen LogP contribution in [0.5, 0.6) is 5.75 Å². The summed E-state index contributed by atoms with van der Waals surface area (Å²) in [6, 6.07) is 3.43. The molecule has 0 bridgehead atoms. The van der Waals surface area contributed by atoms with Crippen LogP contribution in [0.15, 0.2) is 12.1 Å². The van der Waals surface area contributed by atoms with Crippen LogP contribution in [0.25, 0.3) is 32.9 Å². The molecule has 3 aliphatic heterocycles. The van der Waals surface area contributed by atoms with E-state index in [-0.39, 0.29) is 11.8 Å². The molecule has 2 amide bonds. The highest BCUT2D eigenvalue weighted by Gasteiger charge is 2.35. The third-order valence-electron chi connectivity index (χ3n) is 9.82. The predicted molar refractivity (Wildman–Crippen MR) is 191 cm³/mol. The van der Waals surface area contributed by atoms with Crippen molar-refractivity contribution >= 4 is 40.5 Å². The monoisotopic (exact) mass is 721 g/mol. The molecule has 2 fully saturated rings. The quantitative estimate of drug-likeness (QED) is 0.278. The van der Waals surface area contributed by atoms with Gasteiger partial charge in [-0.05, 0) is 82.3 Å². The second-order valence-corrected chi connectivity index (χ2v) is 15.1. The molecule has 4 aromatic rings. The molecule has 0 saturated carbocycles. The molecule has 0 unspecified atom stereocenters. The molecule has 2 saturated heterocycles. The van der Waals surface area contributed by atoms with Crippen LogP contribution in [-0.2, 0) is 27.7 Å². The lowest BCUT2D eigenvalue weighted by Crippen LogP contribution is -2.55. The molecule has 15 heteroatoms. The first-order chi connectivity index (χ1) is 24.3. The summed E-state index contributed by atoms with van der Waals surface area (Å²) in [5.41, 5.74) is 4.14. The minimum absolute atomic E-state index is 0.0398. The van der Waals surface area contributed by atoms with E-state index in [2.05, 4.69) is 4.90 Å². The summed E-state index contributed by atoms with van der Waals surface area (Å²) in [5, 5.41) is 11.9. The molecular weight excluding hydrogens is 678 g/mol. The maximum absolute atomic E-state index is 15.8. The Morgan fingerprint density at radius 1 is 1.02 bits per heavy atom. The van der Waals surface area contributed by atoms with Crippen LogP contribution in [0.1, 0.15) is 55.7 Å². The number of halogens is 1. The van der Waals surface area contributed by atoms with Crippen molar-refractivity contribution in [3.05, 3.63) is 40.3 Å². The number of amides is 2. The normalized spacial score (nSPS) is 17.4. The molecular formula is C36H44FN7O6S. The van der Waals surface area contributed by atoms with Gasteiger partial charge in [-0.25, -0.2) is 19.0 Å². The Kier molecular flexibility index (Phi) is 9.39. The zero-order chi connectivity index (χ0) is 36.2. The second kappa shape index (κ2) is 13.7. The molecule has 0 radical (unpaired) electrons. The number of carboxylic acid groups (broad SMARTS) is 1. The number of piperazine rings is 1. The van der Waals surface area contributed by atoms with Crippen molar-refractivity contribution in [2.45, 2.75) is 59.2 Å². The topological polar surface area (TPSA) is 135 Å². The number of nitrogens with zero attached hydrogens (tertiary/aromatic N) is 7. The number of aryl methyl sites for hydroxylation is 2. The number of hydrogen-bond acceptors (Lipinski definition) is 10. The number of rotatable bonds is 6. The number of aliphatic carboxylic acids is 1. The zero-order valence-electron chi connectivity index (χ0n) is 29.9. The van der Waals surface area contributed by atoms with Crippen LogP contribution in [0.2, 0.25) is 0 Å². The van der Waals surface area contributed by atoms with Crippen LogP contribution in [-0.4, -0.2) is 111 Å². The molecule has 51 heavy (non-hydrogen) atoms. The maximum Gasteiger partial charge on any atom is 0.337 e. The van der Waals surface area contributed by atoms with Crippen LogP contribution in [0, 0.1) is 19.7 Å². The molecule has 1 atom stereocenters. The third-order valence-corrected chi connectivity index (χ3v) is 10.5. The van der Waals surface area contributed by atoms with Gasteiger partial charge in [-0.3, -0.25) is 0 Å². The first-order valence-corrected chi connectivity index (χ1v) is 18.2. The first kappa shape index (κ1) is 35.1. The van der Waals surface area contributed by atoms with Gasteiger partial charge in [0.25, 0.3) is 0 Å². The van der Waals surface area contributed by atoms with E-state index in [9.17, 15) is 14.7 Å². The molecule has 7 rings (SSSR count). The highest BCUT2D eigenvalue weighted by atomic mass is 32.1. The predicted octanol–water partition coefficient (Wildman–Crippen LogP) is 5.35. The van der Waals surface area contributed by atoms with E-state index in [4.69, 9.17) is 28.6 Å². The molecule has 3 aliphatic rings. The lowest BCUT2D eigenvalue weighted by molar-refractivity contribution is -0.160. The van der Waals surface area contributed by atoms with Gasteiger partial charge in [0.05, 0.1) is 31.1 Å². The average Bonchev–Trinajstić information content (AvgIpc) is 3.73. The Morgan fingerprint density at radius 2 is 1.73 bits per heavy atom. The van der Waals surface area contributed by atoms with Gasteiger partial charge in [-0.15, -0.1) is 0 Å². The van der Waals surface area contributed by atoms with E-state index in [1.165, 1.54) is 17.6 Å². The zero-order valence-corrected chi connectivity index (χ0v) is 30.7. The number of aromatic nitrogens is 4. The van der Waals surface area contributed by atoms with Gasteiger partial charge < -0.3 is 38.6 Å². The van der Waals surface area contributed by atoms with E-state index in [0.29, 0.717) is 110 Å². The van der Waals surface area contributed by atoms with Crippen LogP contribution in [0.4, 0.5) is 15.1 Å². The van der Waals surface area contributed by atoms with E-state index in [0.717, 1.165) is 23.2 Å². The average molecular weight is 722 g/mol. The van der Waals surface area contributed by atoms with Crippen molar-refractivity contribution in [2.75, 3.05) is 64.0 Å². The van der Waals surface area contributed by atoms with Crippen molar-refractivity contribution in [1.29, 1.82) is 0 Å². The molecule has 1 aromatic carbocycles. The van der Waals surface area contributed by atoms with E-state index in [1.807, 2.05) is 34.4 Å². The third kappa shape index (κ3) is 6.62. The number of carbonyl (C=O) groups is 2. The van der Waals surface area contributed by atoms with Crippen LogP contribution < -0.4 is 9.64 Å². The first-order valence-electron chi connectivity index (χ1n) is 17.4. The lowest BCUT2D eigenvalue weighted by Gasteiger charge is -2.38.